The highest BCUT2D eigenvalue weighted by atomic mass is 16.6. The number of anilines is 1. The highest BCUT2D eigenvalue weighted by Gasteiger charge is 2.42. The van der Waals surface area contributed by atoms with Crippen LogP contribution >= 0.6 is 0 Å². The Balaban J connectivity index is 1.55. The quantitative estimate of drug-likeness (QED) is 0.371. The second-order valence-corrected chi connectivity index (χ2v) is 9.18. The molecular weight excluding hydrogens is 450 g/mol. The lowest BCUT2D eigenvalue weighted by Gasteiger charge is -2.21. The van der Waals surface area contributed by atoms with Crippen LogP contribution in [0.3, 0.4) is 0 Å². The van der Waals surface area contributed by atoms with E-state index in [2.05, 4.69) is 21.5 Å². The molecule has 2 heterocycles. The van der Waals surface area contributed by atoms with Gasteiger partial charge < -0.3 is 19.8 Å². The highest BCUT2D eigenvalue weighted by molar-refractivity contribution is 5.73. The number of fused-ring (bicyclic) bond motifs is 1. The van der Waals surface area contributed by atoms with Gasteiger partial charge in [-0.3, -0.25) is 19.4 Å². The van der Waals surface area contributed by atoms with Crippen LogP contribution in [0.4, 0.5) is 5.95 Å². The molecule has 1 aliphatic rings. The molecule has 1 aliphatic carbocycles. The number of hydrogen-bond donors (Lipinski definition) is 2. The van der Waals surface area contributed by atoms with Crippen LogP contribution in [0.2, 0.25) is 0 Å². The average molecular weight is 480 g/mol. The number of nitrogens with two attached hydrogens (primary N) is 1. The molecule has 0 unspecified atom stereocenters. The van der Waals surface area contributed by atoms with Crippen LogP contribution in [0.15, 0.2) is 53.6 Å². The Hall–Kier alpha value is -3.95. The zero-order valence-electron chi connectivity index (χ0n) is 19.8. The molecule has 184 valence electrons. The molecule has 3 aromatic rings. The van der Waals surface area contributed by atoms with Gasteiger partial charge in [0, 0.05) is 12.8 Å². The van der Waals surface area contributed by atoms with Gasteiger partial charge in [-0.1, -0.05) is 50.8 Å². The topological polar surface area (TPSA) is 142 Å². The Kier molecular flexibility index (Phi) is 6.99. The number of esters is 2. The van der Waals surface area contributed by atoms with Crippen LogP contribution < -0.4 is 11.3 Å². The summed E-state index contributed by atoms with van der Waals surface area (Å²) >= 11 is 0. The number of aromatic nitrogens is 4. The number of nitrogens with zero attached hydrogens (tertiary/aromatic N) is 3. The lowest BCUT2D eigenvalue weighted by molar-refractivity contribution is -0.153. The van der Waals surface area contributed by atoms with Crippen molar-refractivity contribution in [1.82, 2.24) is 19.5 Å². The maximum atomic E-state index is 12.5. The lowest BCUT2D eigenvalue weighted by Crippen LogP contribution is -2.28. The van der Waals surface area contributed by atoms with Crippen LogP contribution in [0, 0.1) is 11.8 Å². The maximum Gasteiger partial charge on any atom is 0.310 e. The molecule has 3 N–H and O–H groups in total. The maximum absolute atomic E-state index is 12.5. The number of H-pyrrole nitrogens is 1. The number of ether oxygens (including phenoxy) is 2. The molecule has 0 saturated heterocycles. The van der Waals surface area contributed by atoms with Gasteiger partial charge in [0.2, 0.25) is 5.95 Å². The number of benzene rings is 1. The second kappa shape index (κ2) is 10.1. The molecule has 10 heteroatoms. The number of aromatic amines is 1. The van der Waals surface area contributed by atoms with Crippen molar-refractivity contribution in [2.24, 2.45) is 11.8 Å². The van der Waals surface area contributed by atoms with Crippen molar-refractivity contribution < 1.29 is 19.1 Å². The van der Waals surface area contributed by atoms with Crippen LogP contribution in [-0.4, -0.2) is 44.2 Å². The van der Waals surface area contributed by atoms with E-state index in [-0.39, 0.29) is 54.8 Å². The van der Waals surface area contributed by atoms with E-state index in [1.807, 2.05) is 44.2 Å². The molecule has 0 amide bonds. The zero-order valence-corrected chi connectivity index (χ0v) is 19.8. The van der Waals surface area contributed by atoms with E-state index < -0.39 is 17.6 Å². The number of carbonyl (C=O) groups is 2. The number of imidazole rings is 1. The Morgan fingerprint density at radius 3 is 2.71 bits per heavy atom. The van der Waals surface area contributed by atoms with Gasteiger partial charge in [0.25, 0.3) is 5.56 Å². The smallest absolute Gasteiger partial charge is 0.310 e. The van der Waals surface area contributed by atoms with Crippen molar-refractivity contribution in [2.45, 2.75) is 45.3 Å². The number of carbonyl (C=O) groups excluding carboxylic acids is 2. The van der Waals surface area contributed by atoms with Crippen molar-refractivity contribution in [2.75, 3.05) is 12.3 Å². The average Bonchev–Trinajstić information content (AvgIpc) is 3.33. The molecule has 0 aliphatic heterocycles. The van der Waals surface area contributed by atoms with Crippen LogP contribution in [-0.2, 0) is 25.5 Å². The van der Waals surface area contributed by atoms with Gasteiger partial charge in [-0.25, -0.2) is 4.98 Å². The van der Waals surface area contributed by atoms with Gasteiger partial charge in [0.1, 0.15) is 12.7 Å². The summed E-state index contributed by atoms with van der Waals surface area (Å²) in [5, 5.41) is 0. The zero-order chi connectivity index (χ0) is 25.1. The fourth-order valence-electron chi connectivity index (χ4n) is 4.38. The fourth-order valence-corrected chi connectivity index (χ4v) is 4.38. The molecule has 10 nitrogen and oxygen atoms in total. The summed E-state index contributed by atoms with van der Waals surface area (Å²) in [6, 6.07) is 8.93. The normalized spacial score (nSPS) is 19.9. The Morgan fingerprint density at radius 1 is 1.26 bits per heavy atom. The van der Waals surface area contributed by atoms with Crippen molar-refractivity contribution in [1.29, 1.82) is 0 Å². The summed E-state index contributed by atoms with van der Waals surface area (Å²) in [6.45, 7) is 8.12. The molecule has 4 rings (SSSR count). The minimum Gasteiger partial charge on any atom is -0.465 e. The number of rotatable bonds is 8. The molecule has 0 radical (unpaired) electrons. The molecule has 3 atom stereocenters. The lowest BCUT2D eigenvalue weighted by atomic mass is 10.0. The first-order valence-corrected chi connectivity index (χ1v) is 11.5. The summed E-state index contributed by atoms with van der Waals surface area (Å²) in [4.78, 5) is 48.0. The predicted octanol–water partition coefficient (Wildman–Crippen LogP) is 2.56. The summed E-state index contributed by atoms with van der Waals surface area (Å²) in [6.07, 6.45) is 1.73. The minimum atomic E-state index is -0.555. The summed E-state index contributed by atoms with van der Waals surface area (Å²) < 4.78 is 13.1. The van der Waals surface area contributed by atoms with Crippen LogP contribution in [0.1, 0.15) is 38.3 Å². The third kappa shape index (κ3) is 5.42. The van der Waals surface area contributed by atoms with Crippen molar-refractivity contribution in [3.8, 4) is 0 Å². The Morgan fingerprint density at radius 2 is 2.00 bits per heavy atom. The van der Waals surface area contributed by atoms with E-state index in [0.717, 1.165) is 5.56 Å². The van der Waals surface area contributed by atoms with E-state index in [4.69, 9.17) is 15.2 Å². The van der Waals surface area contributed by atoms with Gasteiger partial charge >= 0.3 is 11.9 Å². The molecule has 1 aromatic carbocycles. The molecule has 0 spiro atoms. The molecular formula is C25H29N5O5. The highest BCUT2D eigenvalue weighted by Crippen LogP contribution is 2.42. The van der Waals surface area contributed by atoms with E-state index >= 15 is 0 Å². The van der Waals surface area contributed by atoms with E-state index in [0.29, 0.717) is 17.6 Å². The standard InChI is InChI=1S/C25H29N5O5/c1-14(2)9-21(32)35-19-11-18(30-13-27-22-23(30)28-25(26)29-24(22)33)15(3)17(19)12-34-20(31)10-16-7-5-4-6-8-16/h4-8,13-14,17-19H,3,9-12H2,1-2H3,(H3,26,28,29,33)/t17-,18-,19-/m0/s1. The molecule has 1 fully saturated rings. The number of nitrogen functional groups attached to an aromatic ring is 1. The summed E-state index contributed by atoms with van der Waals surface area (Å²) in [5.41, 5.74) is 7.30. The van der Waals surface area contributed by atoms with Crippen molar-refractivity contribution in [3.63, 3.8) is 0 Å². The molecule has 2 aromatic heterocycles. The predicted molar refractivity (Wildman–Crippen MR) is 129 cm³/mol. The third-order valence-corrected chi connectivity index (χ3v) is 6.07. The molecule has 1 saturated carbocycles. The largest absolute Gasteiger partial charge is 0.465 e. The van der Waals surface area contributed by atoms with E-state index in [1.165, 1.54) is 6.33 Å². The van der Waals surface area contributed by atoms with Gasteiger partial charge in [-0.15, -0.1) is 0 Å². The molecule has 35 heavy (non-hydrogen) atoms. The Labute approximate surface area is 202 Å². The number of hydrogen-bond acceptors (Lipinski definition) is 8. The first-order chi connectivity index (χ1) is 16.7. The van der Waals surface area contributed by atoms with E-state index in [9.17, 15) is 14.4 Å². The summed E-state index contributed by atoms with van der Waals surface area (Å²) in [7, 11) is 0. The third-order valence-electron chi connectivity index (χ3n) is 6.07. The van der Waals surface area contributed by atoms with Crippen LogP contribution in [0.25, 0.3) is 11.2 Å². The second-order valence-electron chi connectivity index (χ2n) is 9.18. The van der Waals surface area contributed by atoms with Gasteiger partial charge in [-0.05, 0) is 17.1 Å². The van der Waals surface area contributed by atoms with E-state index in [1.54, 1.807) is 4.57 Å². The van der Waals surface area contributed by atoms with Crippen molar-refractivity contribution in [3.05, 3.63) is 64.7 Å². The van der Waals surface area contributed by atoms with Gasteiger partial charge in [0.05, 0.1) is 24.7 Å². The monoisotopic (exact) mass is 479 g/mol. The van der Waals surface area contributed by atoms with Crippen molar-refractivity contribution >= 4 is 29.1 Å². The Bertz CT molecular complexity index is 1300. The first-order valence-electron chi connectivity index (χ1n) is 11.5. The minimum absolute atomic E-state index is 0.0173. The SMILES string of the molecule is C=C1[C@H](COC(=O)Cc2ccccc2)[C@@H](OC(=O)CC(C)C)C[C@@H]1n1cnc2c(=O)[nH]c(N)nc21. The van der Waals surface area contributed by atoms with Gasteiger partial charge in [0.15, 0.2) is 11.2 Å². The fraction of sp³-hybridized carbons (Fsp3) is 0.400. The summed E-state index contributed by atoms with van der Waals surface area (Å²) in [5.74, 6) is -1.02. The molecule has 0 bridgehead atoms. The first kappa shape index (κ1) is 24.2. The van der Waals surface area contributed by atoms with Crippen LogP contribution in [0.5, 0.6) is 0 Å². The van der Waals surface area contributed by atoms with Gasteiger partial charge in [-0.2, -0.15) is 4.98 Å². The number of nitrogens with one attached hydrogen (secondary N) is 1.